The van der Waals surface area contributed by atoms with Gasteiger partial charge in [-0.1, -0.05) is 13.8 Å². The van der Waals surface area contributed by atoms with Crippen molar-refractivity contribution in [3.63, 3.8) is 0 Å². The molecule has 0 aromatic rings. The minimum atomic E-state index is -4.69. The summed E-state index contributed by atoms with van der Waals surface area (Å²) in [6, 6.07) is 0. The van der Waals surface area contributed by atoms with E-state index in [0.717, 1.165) is 0 Å². The quantitative estimate of drug-likeness (QED) is 0.749. The maximum atomic E-state index is 11.8. The van der Waals surface area contributed by atoms with Crippen LogP contribution >= 0.6 is 0 Å². The van der Waals surface area contributed by atoms with E-state index in [1.54, 1.807) is 13.8 Å². The first kappa shape index (κ1) is 12.4. The van der Waals surface area contributed by atoms with Gasteiger partial charge in [-0.05, 0) is 6.42 Å². The van der Waals surface area contributed by atoms with E-state index in [4.69, 9.17) is 5.11 Å². The number of carbonyl (C=O) groups excluding carboxylic acids is 1. The monoisotopic (exact) mass is 198 g/mol. The smallest absolute Gasteiger partial charge is 0.383 e. The molecule has 0 bridgehead atoms. The highest BCUT2D eigenvalue weighted by molar-refractivity contribution is 5.81. The SMILES string of the molecule is CCC(C)C(=O)CC(O)C(F)(F)F. The van der Waals surface area contributed by atoms with Gasteiger partial charge in [-0.25, -0.2) is 0 Å². The van der Waals surface area contributed by atoms with Crippen molar-refractivity contribution in [1.82, 2.24) is 0 Å². The second-order valence-corrected chi connectivity index (χ2v) is 3.04. The second kappa shape index (κ2) is 4.60. The minimum Gasteiger partial charge on any atom is -0.383 e. The van der Waals surface area contributed by atoms with Crippen LogP contribution in [0.25, 0.3) is 0 Å². The molecule has 5 heteroatoms. The molecule has 0 aliphatic carbocycles. The molecule has 0 aromatic carbocycles. The summed E-state index contributed by atoms with van der Waals surface area (Å²) in [6.07, 6.45) is -7.56. The normalized spacial score (nSPS) is 16.8. The average Bonchev–Trinajstić information content (AvgIpc) is 2.01. The molecule has 0 fully saturated rings. The number of halogens is 3. The first-order chi connectivity index (χ1) is 5.79. The highest BCUT2D eigenvalue weighted by atomic mass is 19.4. The summed E-state index contributed by atoms with van der Waals surface area (Å²) in [5.41, 5.74) is 0. The molecule has 0 saturated heterocycles. The molecule has 0 aliphatic heterocycles. The van der Waals surface area contributed by atoms with Gasteiger partial charge in [0, 0.05) is 12.3 Å². The summed E-state index contributed by atoms with van der Waals surface area (Å²) in [4.78, 5) is 11.0. The van der Waals surface area contributed by atoms with E-state index in [9.17, 15) is 18.0 Å². The van der Waals surface area contributed by atoms with Gasteiger partial charge in [0.05, 0.1) is 0 Å². The largest absolute Gasteiger partial charge is 0.414 e. The van der Waals surface area contributed by atoms with E-state index in [0.29, 0.717) is 6.42 Å². The zero-order chi connectivity index (χ0) is 10.6. The first-order valence-corrected chi connectivity index (χ1v) is 4.06. The summed E-state index contributed by atoms with van der Waals surface area (Å²) in [7, 11) is 0. The molecule has 2 nitrogen and oxygen atoms in total. The van der Waals surface area contributed by atoms with E-state index in [2.05, 4.69) is 0 Å². The Bertz CT molecular complexity index is 177. The minimum absolute atomic E-state index is 0.419. The number of rotatable bonds is 4. The van der Waals surface area contributed by atoms with Crippen molar-refractivity contribution < 1.29 is 23.1 Å². The average molecular weight is 198 g/mol. The highest BCUT2D eigenvalue weighted by Crippen LogP contribution is 2.23. The van der Waals surface area contributed by atoms with Gasteiger partial charge in [0.1, 0.15) is 5.78 Å². The fourth-order valence-corrected chi connectivity index (χ4v) is 0.735. The van der Waals surface area contributed by atoms with Crippen molar-refractivity contribution in [3.05, 3.63) is 0 Å². The van der Waals surface area contributed by atoms with Crippen LogP contribution in [-0.2, 0) is 4.79 Å². The molecule has 13 heavy (non-hydrogen) atoms. The van der Waals surface area contributed by atoms with Crippen LogP contribution < -0.4 is 0 Å². The van der Waals surface area contributed by atoms with Gasteiger partial charge < -0.3 is 5.11 Å². The molecule has 0 amide bonds. The summed E-state index contributed by atoms with van der Waals surface area (Å²) in [5.74, 6) is -0.968. The van der Waals surface area contributed by atoms with Crippen molar-refractivity contribution >= 4 is 5.78 Å². The van der Waals surface area contributed by atoms with Crippen LogP contribution in [0.15, 0.2) is 0 Å². The second-order valence-electron chi connectivity index (χ2n) is 3.04. The zero-order valence-electron chi connectivity index (χ0n) is 7.56. The highest BCUT2D eigenvalue weighted by Gasteiger charge is 2.39. The fraction of sp³-hybridized carbons (Fsp3) is 0.875. The van der Waals surface area contributed by atoms with E-state index >= 15 is 0 Å². The van der Waals surface area contributed by atoms with Gasteiger partial charge in [-0.3, -0.25) is 4.79 Å². The number of ketones is 1. The van der Waals surface area contributed by atoms with Crippen LogP contribution in [0.1, 0.15) is 26.7 Å². The maximum absolute atomic E-state index is 11.8. The molecular formula is C8H13F3O2. The lowest BCUT2D eigenvalue weighted by Gasteiger charge is -2.15. The number of hydrogen-bond donors (Lipinski definition) is 1. The van der Waals surface area contributed by atoms with Gasteiger partial charge in [-0.2, -0.15) is 13.2 Å². The molecule has 0 aliphatic rings. The third kappa shape index (κ3) is 4.26. The third-order valence-corrected chi connectivity index (χ3v) is 1.93. The van der Waals surface area contributed by atoms with Crippen molar-refractivity contribution in [2.75, 3.05) is 0 Å². The molecule has 0 saturated carbocycles. The number of carbonyl (C=O) groups is 1. The molecule has 2 unspecified atom stereocenters. The molecule has 2 atom stereocenters. The zero-order valence-corrected chi connectivity index (χ0v) is 7.56. The van der Waals surface area contributed by atoms with Crippen LogP contribution in [0, 0.1) is 5.92 Å². The number of aliphatic hydroxyl groups excluding tert-OH is 1. The summed E-state index contributed by atoms with van der Waals surface area (Å²) in [5, 5.41) is 8.55. The van der Waals surface area contributed by atoms with Crippen LogP contribution in [0.2, 0.25) is 0 Å². The van der Waals surface area contributed by atoms with Crippen molar-refractivity contribution in [2.45, 2.75) is 39.0 Å². The Balaban J connectivity index is 4.07. The van der Waals surface area contributed by atoms with Crippen LogP contribution in [0.3, 0.4) is 0 Å². The molecule has 0 rings (SSSR count). The number of alkyl halides is 3. The standard InChI is InChI=1S/C8H13F3O2/c1-3-5(2)6(12)4-7(13)8(9,10)11/h5,7,13H,3-4H2,1-2H3. The van der Waals surface area contributed by atoms with Crippen molar-refractivity contribution in [2.24, 2.45) is 5.92 Å². The van der Waals surface area contributed by atoms with Crippen LogP contribution in [0.5, 0.6) is 0 Å². The number of hydrogen-bond acceptors (Lipinski definition) is 2. The molecular weight excluding hydrogens is 185 g/mol. The van der Waals surface area contributed by atoms with Gasteiger partial charge in [0.25, 0.3) is 0 Å². The summed E-state index contributed by atoms with van der Waals surface area (Å²) < 4.78 is 35.3. The molecule has 0 spiro atoms. The maximum Gasteiger partial charge on any atom is 0.414 e. The topological polar surface area (TPSA) is 37.3 Å². The lowest BCUT2D eigenvalue weighted by molar-refractivity contribution is -0.206. The Hall–Kier alpha value is -0.580. The Morgan fingerprint density at radius 3 is 2.23 bits per heavy atom. The third-order valence-electron chi connectivity index (χ3n) is 1.93. The van der Waals surface area contributed by atoms with Gasteiger partial charge in [0.15, 0.2) is 6.10 Å². The van der Waals surface area contributed by atoms with E-state index in [1.165, 1.54) is 0 Å². The van der Waals surface area contributed by atoms with E-state index in [1.807, 2.05) is 0 Å². The Morgan fingerprint density at radius 1 is 1.46 bits per heavy atom. The lowest BCUT2D eigenvalue weighted by Crippen LogP contribution is -2.32. The number of aliphatic hydroxyl groups is 1. The molecule has 0 aromatic heterocycles. The fourth-order valence-electron chi connectivity index (χ4n) is 0.735. The molecule has 0 radical (unpaired) electrons. The van der Waals surface area contributed by atoms with Crippen LogP contribution in [-0.4, -0.2) is 23.2 Å². The summed E-state index contributed by atoms with van der Waals surface area (Å²) in [6.45, 7) is 3.26. The van der Waals surface area contributed by atoms with E-state index in [-0.39, 0.29) is 0 Å². The number of Topliss-reactive ketones (excluding diaryl/α,β-unsaturated/α-hetero) is 1. The predicted octanol–water partition coefficient (Wildman–Crippen LogP) is 1.91. The molecule has 1 N–H and O–H groups in total. The molecule has 0 heterocycles. The Morgan fingerprint density at radius 2 is 1.92 bits per heavy atom. The summed E-state index contributed by atoms with van der Waals surface area (Å²) >= 11 is 0. The van der Waals surface area contributed by atoms with Gasteiger partial charge >= 0.3 is 6.18 Å². The van der Waals surface area contributed by atoms with Crippen molar-refractivity contribution in [1.29, 1.82) is 0 Å². The van der Waals surface area contributed by atoms with Crippen LogP contribution in [0.4, 0.5) is 13.2 Å². The molecule has 78 valence electrons. The Kier molecular flexibility index (Phi) is 4.39. The van der Waals surface area contributed by atoms with Gasteiger partial charge in [-0.15, -0.1) is 0 Å². The van der Waals surface area contributed by atoms with Gasteiger partial charge in [0.2, 0.25) is 0 Å². The van der Waals surface area contributed by atoms with Crippen molar-refractivity contribution in [3.8, 4) is 0 Å². The predicted molar refractivity (Wildman–Crippen MR) is 41.1 cm³/mol. The first-order valence-electron chi connectivity index (χ1n) is 4.06. The lowest BCUT2D eigenvalue weighted by atomic mass is 9.99. The Labute approximate surface area is 74.7 Å². The van der Waals surface area contributed by atoms with E-state index < -0.39 is 30.4 Å².